The quantitative estimate of drug-likeness (QED) is 0.604. The molecule has 0 spiro atoms. The second kappa shape index (κ2) is 9.18. The Hall–Kier alpha value is -2.93. The summed E-state index contributed by atoms with van der Waals surface area (Å²) in [6, 6.07) is 7.71. The zero-order chi connectivity index (χ0) is 24.9. The van der Waals surface area contributed by atoms with Crippen molar-refractivity contribution < 1.29 is 17.9 Å². The van der Waals surface area contributed by atoms with E-state index in [-0.39, 0.29) is 18.4 Å². The minimum absolute atomic E-state index is 0.0272. The van der Waals surface area contributed by atoms with Crippen LogP contribution in [0.15, 0.2) is 24.3 Å². The smallest absolute Gasteiger partial charge is 0.378 e. The van der Waals surface area contributed by atoms with Gasteiger partial charge in [-0.2, -0.15) is 33.4 Å². The molecule has 1 aromatic carbocycles. The molecule has 2 aromatic rings. The molecule has 0 N–H and O–H groups in total. The Morgan fingerprint density at radius 1 is 1.00 bits per heavy atom. The molecule has 2 heterocycles. The van der Waals surface area contributed by atoms with Crippen molar-refractivity contribution >= 4 is 11.9 Å². The van der Waals surface area contributed by atoms with Gasteiger partial charge in [0.15, 0.2) is 0 Å². The average molecular weight is 499 g/mol. The predicted molar refractivity (Wildman–Crippen MR) is 126 cm³/mol. The number of nitrogens with zero attached hydrogens (tertiary/aromatic N) is 6. The number of nitriles is 1. The third-order valence-corrected chi connectivity index (χ3v) is 8.41. The van der Waals surface area contributed by atoms with Crippen LogP contribution in [0, 0.1) is 35.0 Å². The second-order valence-corrected chi connectivity index (χ2v) is 10.7. The van der Waals surface area contributed by atoms with Gasteiger partial charge in [-0.15, -0.1) is 0 Å². The van der Waals surface area contributed by atoms with Gasteiger partial charge in [0.1, 0.15) is 6.07 Å². The fraction of sp³-hybridized carbons (Fsp3) is 0.615. The molecule has 4 saturated carbocycles. The van der Waals surface area contributed by atoms with Crippen LogP contribution in [-0.2, 0) is 17.5 Å². The Morgan fingerprint density at radius 2 is 1.69 bits per heavy atom. The third-order valence-electron chi connectivity index (χ3n) is 8.41. The van der Waals surface area contributed by atoms with Crippen molar-refractivity contribution in [1.82, 2.24) is 15.0 Å². The van der Waals surface area contributed by atoms with Crippen molar-refractivity contribution in [3.8, 4) is 6.07 Å². The van der Waals surface area contributed by atoms with Crippen molar-refractivity contribution in [1.29, 1.82) is 5.26 Å². The topological polar surface area (TPSA) is 78.2 Å². The van der Waals surface area contributed by atoms with E-state index < -0.39 is 11.7 Å². The van der Waals surface area contributed by atoms with Crippen LogP contribution in [0.4, 0.5) is 25.1 Å². The number of halogens is 3. The Kier molecular flexibility index (Phi) is 5.98. The molecule has 190 valence electrons. The highest BCUT2D eigenvalue weighted by Crippen LogP contribution is 2.55. The Balaban J connectivity index is 1.40. The van der Waals surface area contributed by atoms with Gasteiger partial charge in [0, 0.05) is 25.7 Å². The van der Waals surface area contributed by atoms with E-state index >= 15 is 0 Å². The van der Waals surface area contributed by atoms with Crippen LogP contribution in [0.2, 0.25) is 0 Å². The summed E-state index contributed by atoms with van der Waals surface area (Å²) in [6.45, 7) is 2.58. The molecule has 0 amide bonds. The number of ether oxygens (including phenoxy) is 1. The number of rotatable bonds is 5. The Morgan fingerprint density at radius 3 is 2.33 bits per heavy atom. The Bertz CT molecular complexity index is 1130. The van der Waals surface area contributed by atoms with Crippen LogP contribution >= 0.6 is 0 Å². The van der Waals surface area contributed by atoms with Gasteiger partial charge < -0.3 is 14.5 Å². The average Bonchev–Trinajstić information content (AvgIpc) is 2.87. The number of benzene rings is 1. The van der Waals surface area contributed by atoms with Gasteiger partial charge in [-0.1, -0.05) is 12.1 Å². The first-order valence-electron chi connectivity index (χ1n) is 12.8. The normalized spacial score (nSPS) is 29.3. The number of aromatic nitrogens is 3. The molecule has 0 atom stereocenters. The zero-order valence-corrected chi connectivity index (χ0v) is 20.0. The van der Waals surface area contributed by atoms with E-state index in [2.05, 4.69) is 20.9 Å². The number of morpholine rings is 1. The van der Waals surface area contributed by atoms with Crippen molar-refractivity contribution in [2.24, 2.45) is 23.7 Å². The second-order valence-electron chi connectivity index (χ2n) is 10.7. The molecule has 36 heavy (non-hydrogen) atoms. The van der Waals surface area contributed by atoms with Crippen LogP contribution in [0.3, 0.4) is 0 Å². The molecular weight excluding hydrogens is 469 g/mol. The van der Waals surface area contributed by atoms with E-state index in [1.807, 2.05) is 4.90 Å². The summed E-state index contributed by atoms with van der Waals surface area (Å²) in [5, 5.41) is 9.70. The van der Waals surface area contributed by atoms with E-state index in [0.29, 0.717) is 55.6 Å². The van der Waals surface area contributed by atoms with E-state index in [9.17, 15) is 18.4 Å². The summed E-state index contributed by atoms with van der Waals surface area (Å²) in [4.78, 5) is 17.7. The van der Waals surface area contributed by atoms with Gasteiger partial charge in [-0.3, -0.25) is 0 Å². The maximum Gasteiger partial charge on any atom is 0.416 e. The standard InChI is InChI=1S/C26H29F3N6O/c27-26(28,29)21-3-1-2-16(13-21)15-35(23-19-9-17-8-18(11-19)12-20(23)10-17)25-32-22(14-30)31-24(33-25)34-4-6-36-7-5-34/h1-3,13,17-20,23H,4-12,15H2. The largest absolute Gasteiger partial charge is 0.416 e. The molecule has 5 fully saturated rings. The first-order valence-corrected chi connectivity index (χ1v) is 12.8. The summed E-state index contributed by atoms with van der Waals surface area (Å²) in [6.07, 6.45) is 1.46. The van der Waals surface area contributed by atoms with Gasteiger partial charge in [-0.05, 0) is 73.5 Å². The molecule has 0 unspecified atom stereocenters. The molecule has 10 heteroatoms. The van der Waals surface area contributed by atoms with Crippen molar-refractivity contribution in [3.05, 3.63) is 41.2 Å². The van der Waals surface area contributed by atoms with Crippen LogP contribution in [-0.4, -0.2) is 47.3 Å². The van der Waals surface area contributed by atoms with Crippen LogP contribution in [0.1, 0.15) is 49.1 Å². The summed E-state index contributed by atoms with van der Waals surface area (Å²) in [7, 11) is 0. The number of hydrogen-bond acceptors (Lipinski definition) is 7. The minimum atomic E-state index is -4.41. The highest BCUT2D eigenvalue weighted by molar-refractivity contribution is 5.44. The lowest BCUT2D eigenvalue weighted by molar-refractivity contribution is -0.137. The molecule has 7 nitrogen and oxygen atoms in total. The molecule has 1 saturated heterocycles. The van der Waals surface area contributed by atoms with E-state index in [1.54, 1.807) is 6.07 Å². The highest BCUT2D eigenvalue weighted by atomic mass is 19.4. The monoisotopic (exact) mass is 498 g/mol. The number of anilines is 2. The van der Waals surface area contributed by atoms with E-state index in [4.69, 9.17) is 9.72 Å². The highest BCUT2D eigenvalue weighted by Gasteiger charge is 2.50. The number of hydrogen-bond donors (Lipinski definition) is 0. The lowest BCUT2D eigenvalue weighted by Gasteiger charge is -2.57. The first-order chi connectivity index (χ1) is 17.4. The summed E-state index contributed by atoms with van der Waals surface area (Å²) >= 11 is 0. The maximum atomic E-state index is 13.5. The molecular formula is C26H29F3N6O. The van der Waals surface area contributed by atoms with Crippen LogP contribution < -0.4 is 9.80 Å². The summed E-state index contributed by atoms with van der Waals surface area (Å²) in [5.74, 6) is 3.25. The lowest BCUT2D eigenvalue weighted by Crippen LogP contribution is -2.56. The minimum Gasteiger partial charge on any atom is -0.378 e. The number of alkyl halides is 3. The van der Waals surface area contributed by atoms with Gasteiger partial charge in [0.25, 0.3) is 0 Å². The van der Waals surface area contributed by atoms with Crippen molar-refractivity contribution in [3.63, 3.8) is 0 Å². The summed E-state index contributed by atoms with van der Waals surface area (Å²) in [5.41, 5.74) is -0.0992. The fourth-order valence-corrected chi connectivity index (χ4v) is 7.19. The van der Waals surface area contributed by atoms with Gasteiger partial charge >= 0.3 is 6.18 Å². The summed E-state index contributed by atoms with van der Waals surface area (Å²) < 4.78 is 45.9. The zero-order valence-electron chi connectivity index (χ0n) is 20.0. The SMILES string of the molecule is N#Cc1nc(N2CCOCC2)nc(N(Cc2cccc(C(F)(F)F)c2)C2C3CC4CC(C3)CC2C4)n1. The molecule has 0 radical (unpaired) electrons. The molecule has 7 rings (SSSR count). The van der Waals surface area contributed by atoms with Gasteiger partial charge in [0.05, 0.1) is 18.8 Å². The fourth-order valence-electron chi connectivity index (χ4n) is 7.19. The Labute approximate surface area is 208 Å². The van der Waals surface area contributed by atoms with Crippen LogP contribution in [0.25, 0.3) is 0 Å². The van der Waals surface area contributed by atoms with Crippen molar-refractivity contribution in [2.75, 3.05) is 36.1 Å². The van der Waals surface area contributed by atoms with E-state index in [1.165, 1.54) is 18.6 Å². The lowest BCUT2D eigenvalue weighted by atomic mass is 9.54. The third kappa shape index (κ3) is 4.49. The maximum absolute atomic E-state index is 13.5. The molecule has 5 aliphatic rings. The van der Waals surface area contributed by atoms with E-state index in [0.717, 1.165) is 43.6 Å². The molecule has 4 bridgehead atoms. The van der Waals surface area contributed by atoms with Crippen molar-refractivity contribution in [2.45, 2.75) is 50.9 Å². The molecule has 1 aromatic heterocycles. The first kappa shape index (κ1) is 23.5. The predicted octanol–water partition coefficient (Wildman–Crippen LogP) is 4.43. The van der Waals surface area contributed by atoms with Gasteiger partial charge in [-0.25, -0.2) is 0 Å². The van der Waals surface area contributed by atoms with Crippen LogP contribution in [0.5, 0.6) is 0 Å². The van der Waals surface area contributed by atoms with Gasteiger partial charge in [0.2, 0.25) is 17.7 Å². The molecule has 1 aliphatic heterocycles. The molecule has 4 aliphatic carbocycles.